The van der Waals surface area contributed by atoms with Crippen LogP contribution in [0.15, 0.2) is 24.3 Å². The van der Waals surface area contributed by atoms with Crippen molar-refractivity contribution in [3.8, 4) is 44.5 Å². The van der Waals surface area contributed by atoms with Gasteiger partial charge < -0.3 is 29.8 Å². The Kier molecular flexibility index (Phi) is 42.2. The first-order chi connectivity index (χ1) is 64.3. The maximum atomic E-state index is 13.6. The average molecular weight is 2070 g/mol. The summed E-state index contributed by atoms with van der Waals surface area (Å²) in [7, 11) is -2.17. The lowest BCUT2D eigenvalue weighted by Gasteiger charge is -2.22. The molecule has 0 unspecified atom stereocenters. The van der Waals surface area contributed by atoms with Crippen LogP contribution in [0.3, 0.4) is 0 Å². The summed E-state index contributed by atoms with van der Waals surface area (Å²) in [5.41, 5.74) is -18.5. The average Bonchev–Trinajstić information content (AvgIpc) is 0.764. The third kappa shape index (κ3) is 24.7. The molecular weight excluding hydrogens is 2010 g/mol. The maximum Gasteiger partial charge on any atom is 0.631 e. The molecule has 6 nitrogen and oxygen atoms in total. The summed E-state index contributed by atoms with van der Waals surface area (Å²) in [5, 5.41) is 21.5. The minimum atomic E-state index is -2.44. The molecule has 0 saturated heterocycles. The Balaban J connectivity index is 0.000000337. The van der Waals surface area contributed by atoms with E-state index in [0.29, 0.717) is 58.2 Å². The van der Waals surface area contributed by atoms with E-state index in [-0.39, 0.29) is 19.6 Å². The summed E-state index contributed by atoms with van der Waals surface area (Å²) in [6.07, 6.45) is 1.25. The van der Waals surface area contributed by atoms with Gasteiger partial charge in [-0.05, 0) is 114 Å². The second kappa shape index (κ2) is 49.4. The summed E-state index contributed by atoms with van der Waals surface area (Å²) in [6, 6.07) is 1.80. The Morgan fingerprint density at radius 3 is 0.432 bits per heavy atom. The smallest absolute Gasteiger partial charge is 0.402 e. The lowest BCUT2D eigenvalue weighted by atomic mass is 10.00. The second-order valence-electron chi connectivity index (χ2n) is 27.7. The first-order valence-corrected chi connectivity index (χ1v) is 37.4. The molecule has 54 heteroatoms. The fourth-order valence-electron chi connectivity index (χ4n) is 11.6. The summed E-state index contributed by atoms with van der Waals surface area (Å²) in [6.45, 7) is 8.18. The van der Waals surface area contributed by atoms with Gasteiger partial charge in [-0.25, -0.2) is 206 Å². The third-order valence-corrected chi connectivity index (χ3v) is 18.5. The zero-order valence-corrected chi connectivity index (χ0v) is 70.7. The van der Waals surface area contributed by atoms with Gasteiger partial charge in [0.2, 0.25) is 23.3 Å². The van der Waals surface area contributed by atoms with Gasteiger partial charge in [0.05, 0.1) is 22.3 Å². The molecule has 11 rings (SSSR count). The van der Waals surface area contributed by atoms with Gasteiger partial charge >= 0.3 is 7.32 Å². The zero-order chi connectivity index (χ0) is 107. The molecule has 0 aliphatic heterocycles. The van der Waals surface area contributed by atoms with Crippen LogP contribution in [0, 0.1) is 304 Å². The van der Waals surface area contributed by atoms with E-state index in [2.05, 4.69) is 0 Å². The predicted molar refractivity (Wildman–Crippen MR) is 401 cm³/mol. The number of benzene rings is 11. The maximum absolute atomic E-state index is 13.6. The highest BCUT2D eigenvalue weighted by Crippen LogP contribution is 2.43. The minimum Gasteiger partial charge on any atom is -0.402 e. The van der Waals surface area contributed by atoms with Crippen LogP contribution in [0.2, 0.25) is 0 Å². The molecule has 11 aromatic carbocycles. The van der Waals surface area contributed by atoms with E-state index in [1.807, 2.05) is 0 Å². The molecule has 0 aliphatic carbocycles. The minimum absolute atomic E-state index is 0.00878. The monoisotopic (exact) mass is 2070 g/mol. The summed E-state index contributed by atoms with van der Waals surface area (Å²) in [5.74, 6) is -89.0. The van der Waals surface area contributed by atoms with Crippen molar-refractivity contribution in [3.63, 3.8) is 0 Å². The van der Waals surface area contributed by atoms with Crippen LogP contribution >= 0.6 is 0 Å². The van der Waals surface area contributed by atoms with Crippen LogP contribution in [0.5, 0.6) is 0 Å². The van der Waals surface area contributed by atoms with E-state index < -0.39 is 384 Å². The van der Waals surface area contributed by atoms with Crippen molar-refractivity contribution < 1.29 is 221 Å². The molecule has 0 amide bonds. The van der Waals surface area contributed by atoms with E-state index in [1.54, 1.807) is 20.8 Å². The number of anilines is 3. The highest BCUT2D eigenvalue weighted by Gasteiger charge is 2.38. The van der Waals surface area contributed by atoms with Crippen LogP contribution in [-0.2, 0) is 0 Å². The van der Waals surface area contributed by atoms with Crippen LogP contribution in [0.25, 0.3) is 44.5 Å². The number of halogens is 47. The van der Waals surface area contributed by atoms with Gasteiger partial charge in [0.1, 0.15) is 17.1 Å². The number of aryl methyl sites for hydroxylation is 4. The third-order valence-electron chi connectivity index (χ3n) is 18.5. The van der Waals surface area contributed by atoms with Crippen LogP contribution in [0.1, 0.15) is 79.0 Å². The molecule has 0 fully saturated rings. The van der Waals surface area contributed by atoms with Crippen LogP contribution in [-0.4, -0.2) is 62.4 Å². The molecule has 0 atom stereocenters. The van der Waals surface area contributed by atoms with E-state index in [4.69, 9.17) is 15.1 Å². The van der Waals surface area contributed by atoms with Crippen molar-refractivity contribution in [1.82, 2.24) is 0 Å². The fourth-order valence-corrected chi connectivity index (χ4v) is 11.6. The molecule has 0 aromatic heterocycles. The topological polar surface area (TPSA) is 70.4 Å². The molecule has 0 aliphatic rings. The molecule has 0 bridgehead atoms. The largest absolute Gasteiger partial charge is 0.631 e. The van der Waals surface area contributed by atoms with Crippen molar-refractivity contribution in [2.24, 2.45) is 0 Å². The summed E-state index contributed by atoms with van der Waals surface area (Å²) < 4.78 is 621. The van der Waals surface area contributed by atoms with Gasteiger partial charge in [0.15, 0.2) is 253 Å². The Morgan fingerprint density at radius 1 is 0.180 bits per heavy atom. The van der Waals surface area contributed by atoms with Crippen molar-refractivity contribution in [2.75, 3.05) is 54.7 Å². The molecule has 0 saturated carbocycles. The molecule has 0 heterocycles. The van der Waals surface area contributed by atoms with Gasteiger partial charge in [-0.3, -0.25) is 0 Å². The first kappa shape index (κ1) is 119. The number of alkyl halides is 3. The predicted octanol–water partition coefficient (Wildman–Crippen LogP) is 28.1. The highest BCUT2D eigenvalue weighted by atomic mass is 19.2. The Hall–Kier alpha value is -12.5. The number of nitrogens with zero attached hydrogens (tertiary/aromatic N) is 3. The standard InChI is InChI=1S/4C13H4F8.3C11H12F5N.BH3O3/c4*1-3-2-4(7(15)10(18)6(3)14)5-8(16)11(19)13(21)12(20)9(5)17;3*1-3-4-17(5-12)11-8(14)6(2)7(13)9(15)10(11)16;2-1(3)4/h4*2H,1H3;3*3-5H2,1-2H3;2-4H. The second-order valence-corrected chi connectivity index (χ2v) is 27.7. The summed E-state index contributed by atoms with van der Waals surface area (Å²) >= 11 is 0. The number of hydrogen-bond donors (Lipinski definition) is 3. The molecule has 0 radical (unpaired) electrons. The first-order valence-electron chi connectivity index (χ1n) is 37.4. The molecule has 3 N–H and O–H groups in total. The summed E-state index contributed by atoms with van der Waals surface area (Å²) in [4.78, 5) is 2.08. The lowest BCUT2D eigenvalue weighted by molar-refractivity contribution is 0.278. The number of rotatable bonds is 16. The highest BCUT2D eigenvalue weighted by molar-refractivity contribution is 6.30. The Morgan fingerprint density at radius 2 is 0.302 bits per heavy atom. The quantitative estimate of drug-likeness (QED) is 0.0294. The zero-order valence-electron chi connectivity index (χ0n) is 70.7. The molecule has 760 valence electrons. The lowest BCUT2D eigenvalue weighted by Crippen LogP contribution is -2.26. The van der Waals surface area contributed by atoms with E-state index in [0.717, 1.165) is 48.5 Å². The molecule has 0 spiro atoms. The van der Waals surface area contributed by atoms with Crippen molar-refractivity contribution in [3.05, 3.63) is 319 Å². The molecule has 139 heavy (non-hydrogen) atoms. The van der Waals surface area contributed by atoms with Gasteiger partial charge in [-0.15, -0.1) is 0 Å². The Labute approximate surface area is 750 Å². The van der Waals surface area contributed by atoms with E-state index in [9.17, 15) is 206 Å². The van der Waals surface area contributed by atoms with Crippen molar-refractivity contribution >= 4 is 24.4 Å². The normalized spacial score (nSPS) is 10.8. The van der Waals surface area contributed by atoms with Gasteiger partial charge in [0, 0.05) is 58.6 Å². The Bertz CT molecular complexity index is 5530. The number of hydrogen-bond acceptors (Lipinski definition) is 6. The van der Waals surface area contributed by atoms with Crippen molar-refractivity contribution in [2.45, 2.75) is 88.5 Å². The van der Waals surface area contributed by atoms with Crippen molar-refractivity contribution in [1.29, 1.82) is 0 Å². The van der Waals surface area contributed by atoms with E-state index >= 15 is 0 Å². The fraction of sp³-hybridized carbons (Fsp3) is 0.224. The SMILES string of the molecule is CCCN(CF)c1c(F)c(C)c(F)c(F)c1F.CCCN(CF)c1c(F)c(C)c(F)c(F)c1F.CCCN(CF)c1c(F)c(C)c(F)c(F)c1F.Cc1cc(-c2c(F)c(F)c(F)c(F)c2F)c(F)c(F)c1F.Cc1cc(-c2c(F)c(F)c(F)c(F)c2F)c(F)c(F)c1F.Cc1cc(-c2c(F)c(F)c(F)c(F)c2F)c(F)c(F)c1F.Cc1cc(-c2c(F)c(F)c(F)c(F)c2F)c(F)c(F)c1F.OB(O)O. The van der Waals surface area contributed by atoms with Crippen LogP contribution in [0.4, 0.5) is 223 Å². The van der Waals surface area contributed by atoms with Crippen LogP contribution < -0.4 is 14.7 Å². The molecular formula is C85H55BF47N3O3. The van der Waals surface area contributed by atoms with Gasteiger partial charge in [-0.2, -0.15) is 0 Å². The van der Waals surface area contributed by atoms with Gasteiger partial charge in [-0.1, -0.05) is 20.8 Å². The van der Waals surface area contributed by atoms with E-state index in [1.165, 1.54) is 0 Å². The molecule has 11 aromatic rings. The van der Waals surface area contributed by atoms with Gasteiger partial charge in [0.25, 0.3) is 0 Å².